The van der Waals surface area contributed by atoms with Crippen LogP contribution in [0, 0.1) is 0 Å². The van der Waals surface area contributed by atoms with E-state index in [4.69, 9.17) is 18.9 Å². The number of hydrogen-bond donors (Lipinski definition) is 0. The van der Waals surface area contributed by atoms with E-state index in [9.17, 15) is 28.7 Å². The molecular formula is C17H14Li4O12P2. The first kappa shape index (κ1) is 36.8. The molecule has 2 aromatic rings. The van der Waals surface area contributed by atoms with Crippen molar-refractivity contribution >= 4 is 27.8 Å². The summed E-state index contributed by atoms with van der Waals surface area (Å²) in [5.74, 6) is -0.887. The third-order valence-electron chi connectivity index (χ3n) is 3.87. The number of phosphoric ester groups is 2. The van der Waals surface area contributed by atoms with E-state index in [1.807, 2.05) is 0 Å². The van der Waals surface area contributed by atoms with Crippen molar-refractivity contribution in [3.05, 3.63) is 35.4 Å². The van der Waals surface area contributed by atoms with E-state index >= 15 is 0 Å². The molecule has 2 aromatic carbocycles. The van der Waals surface area contributed by atoms with Gasteiger partial charge in [-0.15, -0.1) is 0 Å². The molecule has 3 rings (SSSR count). The summed E-state index contributed by atoms with van der Waals surface area (Å²) >= 11 is 0. The second-order valence-corrected chi connectivity index (χ2v) is 8.04. The average Bonchev–Trinajstić information content (AvgIpc) is 3.14. The zero-order valence-electron chi connectivity index (χ0n) is 20.0. The van der Waals surface area contributed by atoms with Crippen LogP contribution in [0.2, 0.25) is 0 Å². The maximum atomic E-state index is 11.2. The van der Waals surface area contributed by atoms with Gasteiger partial charge in [0.2, 0.25) is 18.3 Å². The van der Waals surface area contributed by atoms with E-state index < -0.39 is 27.1 Å². The summed E-state index contributed by atoms with van der Waals surface area (Å²) < 4.78 is 51.7. The second-order valence-electron chi connectivity index (χ2n) is 5.88. The predicted octanol–water partition coefficient (Wildman–Crippen LogP) is -12.0. The predicted molar refractivity (Wildman–Crippen MR) is 97.5 cm³/mol. The van der Waals surface area contributed by atoms with Gasteiger partial charge in [0.1, 0.15) is 15.6 Å². The van der Waals surface area contributed by atoms with E-state index in [0.717, 1.165) is 7.11 Å². The van der Waals surface area contributed by atoms with Crippen molar-refractivity contribution < 1.29 is 132 Å². The third kappa shape index (κ3) is 10.2. The van der Waals surface area contributed by atoms with E-state index in [2.05, 4.69) is 9.05 Å². The van der Waals surface area contributed by atoms with Crippen LogP contribution >= 0.6 is 15.6 Å². The Balaban J connectivity index is 0. The van der Waals surface area contributed by atoms with Gasteiger partial charge in [0.05, 0.1) is 14.2 Å². The summed E-state index contributed by atoms with van der Waals surface area (Å²) in [5, 5.41) is 0. The van der Waals surface area contributed by atoms with E-state index in [-0.39, 0.29) is 93.5 Å². The number of phosphoric acid groups is 2. The first-order valence-electron chi connectivity index (χ1n) is 8.31. The molecule has 35 heavy (non-hydrogen) atoms. The van der Waals surface area contributed by atoms with Crippen molar-refractivity contribution in [1.29, 1.82) is 0 Å². The summed E-state index contributed by atoms with van der Waals surface area (Å²) in [4.78, 5) is 44.7. The Morgan fingerprint density at radius 3 is 1.91 bits per heavy atom. The molecule has 0 amide bonds. The van der Waals surface area contributed by atoms with Gasteiger partial charge in [-0.3, -0.25) is 0 Å². The molecule has 0 aliphatic carbocycles. The number of rotatable bonds is 8. The molecular weight excluding hydrogens is 486 g/mol. The van der Waals surface area contributed by atoms with Crippen molar-refractivity contribution in [2.24, 2.45) is 0 Å². The standard InChI is InChI=1S/C17H18O12P2.4Li/c1-24-12-6-5-11(15(28-30(18,19)20)17(12)29-31(21,22)23)4-3-10-7-13(25-2)16-14(8-10)26-9-27-16;;;;/h3-8H,9H2,1-2H3,(H2,18,19,20)(H2,21,22,23);;;;/q;4*+1/p-4/b4-3-;;;;. The SMILES string of the molecule is COc1cc(/C=C\c2ccc(OC)c(OP(=O)([O-])[O-])c2OP(=O)([O-])[O-])cc2c1OCO2.[Li+].[Li+].[Li+].[Li+]. The van der Waals surface area contributed by atoms with Gasteiger partial charge in [-0.25, -0.2) is 0 Å². The first-order chi connectivity index (χ1) is 14.5. The molecule has 12 nitrogen and oxygen atoms in total. The molecule has 0 aromatic heterocycles. The number of benzene rings is 2. The largest absolute Gasteiger partial charge is 1.00 e. The fourth-order valence-corrected chi connectivity index (χ4v) is 3.50. The van der Waals surface area contributed by atoms with Gasteiger partial charge >= 0.3 is 75.4 Å². The van der Waals surface area contributed by atoms with Crippen LogP contribution < -0.4 is 123 Å². The molecule has 1 aliphatic rings. The van der Waals surface area contributed by atoms with Crippen LogP contribution in [0.15, 0.2) is 24.3 Å². The molecule has 0 atom stereocenters. The van der Waals surface area contributed by atoms with Crippen LogP contribution in [0.5, 0.6) is 34.5 Å². The van der Waals surface area contributed by atoms with Gasteiger partial charge < -0.3 is 56.7 Å². The smallest absolute Gasteiger partial charge is 0.780 e. The number of hydrogen-bond acceptors (Lipinski definition) is 12. The van der Waals surface area contributed by atoms with Crippen LogP contribution in [0.1, 0.15) is 11.1 Å². The Morgan fingerprint density at radius 1 is 0.800 bits per heavy atom. The molecule has 1 aliphatic heterocycles. The maximum Gasteiger partial charge on any atom is 1.00 e. The zero-order chi connectivity index (χ0) is 22.8. The second kappa shape index (κ2) is 15.2. The molecule has 168 valence electrons. The van der Waals surface area contributed by atoms with Crippen molar-refractivity contribution in [1.82, 2.24) is 0 Å². The van der Waals surface area contributed by atoms with Gasteiger partial charge in [0.25, 0.3) is 0 Å². The molecule has 0 saturated heterocycles. The number of ether oxygens (including phenoxy) is 4. The molecule has 1 heterocycles. The Kier molecular flexibility index (Phi) is 16.0. The maximum absolute atomic E-state index is 11.2. The first-order valence-corrected chi connectivity index (χ1v) is 11.2. The third-order valence-corrected chi connectivity index (χ3v) is 4.68. The quantitative estimate of drug-likeness (QED) is 0.190. The van der Waals surface area contributed by atoms with Crippen LogP contribution in [0.4, 0.5) is 0 Å². The van der Waals surface area contributed by atoms with E-state index in [1.165, 1.54) is 31.4 Å². The van der Waals surface area contributed by atoms with Crippen LogP contribution in [-0.2, 0) is 9.13 Å². The fraction of sp³-hybridized carbons (Fsp3) is 0.176. The molecule has 18 heteroatoms. The van der Waals surface area contributed by atoms with Gasteiger partial charge in [0.15, 0.2) is 23.0 Å². The zero-order valence-corrected chi connectivity index (χ0v) is 21.8. The molecule has 0 saturated carbocycles. The number of methoxy groups -OCH3 is 2. The fourth-order valence-electron chi connectivity index (χ4n) is 2.69. The molecule has 0 fully saturated rings. The normalized spacial score (nSPS) is 11.8. The summed E-state index contributed by atoms with van der Waals surface area (Å²) in [7, 11) is -8.81. The van der Waals surface area contributed by atoms with Crippen molar-refractivity contribution in [2.45, 2.75) is 0 Å². The molecule has 0 spiro atoms. The van der Waals surface area contributed by atoms with E-state index in [0.29, 0.717) is 22.8 Å². The van der Waals surface area contributed by atoms with Crippen molar-refractivity contribution in [3.8, 4) is 34.5 Å². The molecule has 0 bridgehead atoms. The summed E-state index contributed by atoms with van der Waals surface area (Å²) in [6, 6.07) is 5.63. The summed E-state index contributed by atoms with van der Waals surface area (Å²) in [6.07, 6.45) is 2.74. The Hall–Kier alpha value is -0.330. The van der Waals surface area contributed by atoms with Gasteiger partial charge in [-0.2, -0.15) is 0 Å². The van der Waals surface area contributed by atoms with Gasteiger partial charge in [0, 0.05) is 5.56 Å². The van der Waals surface area contributed by atoms with Crippen LogP contribution in [0.3, 0.4) is 0 Å². The Bertz CT molecular complexity index is 1120. The molecule has 0 radical (unpaired) electrons. The summed E-state index contributed by atoms with van der Waals surface area (Å²) in [6.45, 7) is 0.00274. The minimum absolute atomic E-state index is 0. The van der Waals surface area contributed by atoms with E-state index in [1.54, 1.807) is 12.1 Å². The topological polar surface area (TPSA) is 182 Å². The van der Waals surface area contributed by atoms with Gasteiger partial charge in [-0.05, 0) is 29.8 Å². The van der Waals surface area contributed by atoms with Crippen molar-refractivity contribution in [2.75, 3.05) is 21.0 Å². The van der Waals surface area contributed by atoms with Gasteiger partial charge in [-0.1, -0.05) is 12.2 Å². The average molecular weight is 500 g/mol. The monoisotopic (exact) mass is 500 g/mol. The Morgan fingerprint density at radius 2 is 1.37 bits per heavy atom. The molecule has 0 N–H and O–H groups in total. The Labute approximate surface area is 249 Å². The minimum Gasteiger partial charge on any atom is -0.780 e. The minimum atomic E-state index is -5.68. The van der Waals surface area contributed by atoms with Crippen molar-refractivity contribution in [3.63, 3.8) is 0 Å². The van der Waals surface area contributed by atoms with Crippen LogP contribution in [-0.4, -0.2) is 21.0 Å². The number of fused-ring (bicyclic) bond motifs is 1. The molecule has 0 unspecified atom stereocenters. The summed E-state index contributed by atoms with van der Waals surface area (Å²) in [5.41, 5.74) is 0.406. The van der Waals surface area contributed by atoms with Crippen LogP contribution in [0.25, 0.3) is 12.2 Å².